The van der Waals surface area contributed by atoms with Crippen LogP contribution in [0.5, 0.6) is 0 Å². The predicted octanol–water partition coefficient (Wildman–Crippen LogP) is 2.02. The number of carbonyl (C=O) groups excluding carboxylic acids is 1. The van der Waals surface area contributed by atoms with Crippen LogP contribution in [0, 0.1) is 6.92 Å². The summed E-state index contributed by atoms with van der Waals surface area (Å²) in [6, 6.07) is 3.84. The molecule has 1 aromatic rings. The zero-order chi connectivity index (χ0) is 13.2. The fourth-order valence-electron chi connectivity index (χ4n) is 2.78. The SMILES string of the molecule is COCC1(NC(=O)c2ccc(C)n2C)CCCC1. The average molecular weight is 250 g/mol. The molecule has 0 atom stereocenters. The molecule has 0 aliphatic heterocycles. The molecule has 100 valence electrons. The summed E-state index contributed by atoms with van der Waals surface area (Å²) in [5, 5.41) is 3.18. The molecule has 18 heavy (non-hydrogen) atoms. The number of nitrogens with zero attached hydrogens (tertiary/aromatic N) is 1. The molecule has 1 amide bonds. The van der Waals surface area contributed by atoms with Gasteiger partial charge in [-0.2, -0.15) is 0 Å². The predicted molar refractivity (Wildman–Crippen MR) is 70.7 cm³/mol. The van der Waals surface area contributed by atoms with Crippen LogP contribution in [0.15, 0.2) is 12.1 Å². The second kappa shape index (κ2) is 5.14. The molecule has 0 radical (unpaired) electrons. The van der Waals surface area contributed by atoms with Crippen molar-refractivity contribution >= 4 is 5.91 Å². The number of amides is 1. The number of ether oxygens (including phenoxy) is 1. The van der Waals surface area contributed by atoms with Gasteiger partial charge in [0, 0.05) is 19.9 Å². The first kappa shape index (κ1) is 13.1. The van der Waals surface area contributed by atoms with Crippen molar-refractivity contribution in [1.82, 2.24) is 9.88 Å². The molecule has 0 bridgehead atoms. The van der Waals surface area contributed by atoms with Gasteiger partial charge in [-0.05, 0) is 31.9 Å². The van der Waals surface area contributed by atoms with Gasteiger partial charge in [-0.25, -0.2) is 0 Å². The van der Waals surface area contributed by atoms with Crippen LogP contribution in [0.25, 0.3) is 0 Å². The molecule has 0 unspecified atom stereocenters. The number of aryl methyl sites for hydroxylation is 1. The Kier molecular flexibility index (Phi) is 3.76. The topological polar surface area (TPSA) is 43.3 Å². The first-order valence-electron chi connectivity index (χ1n) is 6.52. The van der Waals surface area contributed by atoms with E-state index in [1.807, 2.05) is 30.7 Å². The van der Waals surface area contributed by atoms with Gasteiger partial charge in [0.05, 0.1) is 12.1 Å². The highest BCUT2D eigenvalue weighted by Gasteiger charge is 2.35. The van der Waals surface area contributed by atoms with E-state index in [0.717, 1.165) is 37.1 Å². The summed E-state index contributed by atoms with van der Waals surface area (Å²) in [5.41, 5.74) is 1.64. The maximum atomic E-state index is 12.3. The standard InChI is InChI=1S/C14H22N2O2/c1-11-6-7-12(16(11)2)13(17)15-14(10-18-3)8-4-5-9-14/h6-7H,4-5,8-10H2,1-3H3,(H,15,17). The highest BCUT2D eigenvalue weighted by Crippen LogP contribution is 2.30. The summed E-state index contributed by atoms with van der Waals surface area (Å²) in [7, 11) is 3.61. The molecule has 1 fully saturated rings. The fraction of sp³-hybridized carbons (Fsp3) is 0.643. The van der Waals surface area contributed by atoms with E-state index in [4.69, 9.17) is 4.74 Å². The lowest BCUT2D eigenvalue weighted by atomic mass is 9.98. The van der Waals surface area contributed by atoms with E-state index < -0.39 is 0 Å². The third-order valence-electron chi connectivity index (χ3n) is 3.97. The van der Waals surface area contributed by atoms with Crippen LogP contribution < -0.4 is 5.32 Å². The van der Waals surface area contributed by atoms with E-state index in [1.54, 1.807) is 7.11 Å². The van der Waals surface area contributed by atoms with Gasteiger partial charge in [-0.3, -0.25) is 4.79 Å². The molecule has 1 aliphatic carbocycles. The van der Waals surface area contributed by atoms with Gasteiger partial charge in [0.15, 0.2) is 0 Å². The van der Waals surface area contributed by atoms with E-state index >= 15 is 0 Å². The zero-order valence-electron chi connectivity index (χ0n) is 11.5. The van der Waals surface area contributed by atoms with Crippen LogP contribution in [-0.4, -0.2) is 29.7 Å². The first-order chi connectivity index (χ1) is 8.58. The number of nitrogens with one attached hydrogen (secondary N) is 1. The lowest BCUT2D eigenvalue weighted by Gasteiger charge is -2.29. The summed E-state index contributed by atoms with van der Waals surface area (Å²) in [6.45, 7) is 2.60. The third kappa shape index (κ3) is 2.43. The van der Waals surface area contributed by atoms with Gasteiger partial charge in [0.2, 0.25) is 0 Å². The molecule has 0 aromatic carbocycles. The number of aromatic nitrogens is 1. The Bertz CT molecular complexity index is 431. The van der Waals surface area contributed by atoms with Crippen LogP contribution in [-0.2, 0) is 11.8 Å². The molecule has 2 rings (SSSR count). The van der Waals surface area contributed by atoms with Crippen LogP contribution in [0.1, 0.15) is 41.9 Å². The number of carbonyl (C=O) groups is 1. The van der Waals surface area contributed by atoms with Crippen molar-refractivity contribution in [1.29, 1.82) is 0 Å². The highest BCUT2D eigenvalue weighted by atomic mass is 16.5. The van der Waals surface area contributed by atoms with Crippen LogP contribution >= 0.6 is 0 Å². The maximum Gasteiger partial charge on any atom is 0.268 e. The second-order valence-corrected chi connectivity index (χ2v) is 5.29. The minimum Gasteiger partial charge on any atom is -0.382 e. The summed E-state index contributed by atoms with van der Waals surface area (Å²) < 4.78 is 7.20. The van der Waals surface area contributed by atoms with Crippen molar-refractivity contribution in [3.8, 4) is 0 Å². The summed E-state index contributed by atoms with van der Waals surface area (Å²) >= 11 is 0. The van der Waals surface area contributed by atoms with E-state index in [-0.39, 0.29) is 11.4 Å². The third-order valence-corrected chi connectivity index (χ3v) is 3.97. The van der Waals surface area contributed by atoms with Crippen molar-refractivity contribution in [2.45, 2.75) is 38.1 Å². The molecule has 0 saturated heterocycles. The minimum absolute atomic E-state index is 0.00421. The van der Waals surface area contributed by atoms with Gasteiger partial charge < -0.3 is 14.6 Å². The quantitative estimate of drug-likeness (QED) is 0.888. The Balaban J connectivity index is 2.12. The largest absolute Gasteiger partial charge is 0.382 e. The van der Waals surface area contributed by atoms with E-state index in [2.05, 4.69) is 5.32 Å². The lowest BCUT2D eigenvalue weighted by molar-refractivity contribution is 0.0759. The molecule has 4 heteroatoms. The van der Waals surface area contributed by atoms with Crippen molar-refractivity contribution in [3.63, 3.8) is 0 Å². The second-order valence-electron chi connectivity index (χ2n) is 5.29. The van der Waals surface area contributed by atoms with Crippen molar-refractivity contribution < 1.29 is 9.53 Å². The van der Waals surface area contributed by atoms with E-state index in [9.17, 15) is 4.79 Å². The average Bonchev–Trinajstić information content (AvgIpc) is 2.89. The zero-order valence-corrected chi connectivity index (χ0v) is 11.5. The maximum absolute atomic E-state index is 12.3. The summed E-state index contributed by atoms with van der Waals surface area (Å²) in [6.07, 6.45) is 4.34. The van der Waals surface area contributed by atoms with E-state index in [0.29, 0.717) is 6.61 Å². The molecule has 0 spiro atoms. The summed E-state index contributed by atoms with van der Waals surface area (Å²) in [4.78, 5) is 12.3. The van der Waals surface area contributed by atoms with Crippen LogP contribution in [0.2, 0.25) is 0 Å². The Morgan fingerprint density at radius 1 is 1.44 bits per heavy atom. The molecular formula is C14H22N2O2. The normalized spacial score (nSPS) is 17.9. The highest BCUT2D eigenvalue weighted by molar-refractivity contribution is 5.93. The Hall–Kier alpha value is -1.29. The lowest BCUT2D eigenvalue weighted by Crippen LogP contribution is -2.50. The monoisotopic (exact) mass is 250 g/mol. The van der Waals surface area contributed by atoms with Gasteiger partial charge >= 0.3 is 0 Å². The number of methoxy groups -OCH3 is 1. The smallest absolute Gasteiger partial charge is 0.268 e. The number of rotatable bonds is 4. The first-order valence-corrected chi connectivity index (χ1v) is 6.52. The Labute approximate surface area is 108 Å². The van der Waals surface area contributed by atoms with Gasteiger partial charge in [0.25, 0.3) is 5.91 Å². The molecule has 1 aliphatic rings. The minimum atomic E-state index is -0.163. The van der Waals surface area contributed by atoms with E-state index in [1.165, 1.54) is 0 Å². The number of hydrogen-bond donors (Lipinski definition) is 1. The van der Waals surface area contributed by atoms with Crippen molar-refractivity contribution in [3.05, 3.63) is 23.5 Å². The molecule has 1 aromatic heterocycles. The van der Waals surface area contributed by atoms with Gasteiger partial charge in [0.1, 0.15) is 5.69 Å². The Morgan fingerprint density at radius 2 is 2.11 bits per heavy atom. The molecule has 4 nitrogen and oxygen atoms in total. The van der Waals surface area contributed by atoms with Crippen molar-refractivity contribution in [2.75, 3.05) is 13.7 Å². The molecular weight excluding hydrogens is 228 g/mol. The van der Waals surface area contributed by atoms with Crippen LogP contribution in [0.3, 0.4) is 0 Å². The molecule has 1 heterocycles. The fourth-order valence-corrected chi connectivity index (χ4v) is 2.78. The van der Waals surface area contributed by atoms with Gasteiger partial charge in [-0.1, -0.05) is 12.8 Å². The van der Waals surface area contributed by atoms with Gasteiger partial charge in [-0.15, -0.1) is 0 Å². The van der Waals surface area contributed by atoms with Crippen LogP contribution in [0.4, 0.5) is 0 Å². The molecule has 1 N–H and O–H groups in total. The summed E-state index contributed by atoms with van der Waals surface area (Å²) in [5.74, 6) is 0.00421. The Morgan fingerprint density at radius 3 is 2.61 bits per heavy atom. The van der Waals surface area contributed by atoms with Crippen molar-refractivity contribution in [2.24, 2.45) is 7.05 Å². The number of hydrogen-bond acceptors (Lipinski definition) is 2. The molecule has 1 saturated carbocycles.